The van der Waals surface area contributed by atoms with Gasteiger partial charge in [0.15, 0.2) is 0 Å². The maximum absolute atomic E-state index is 13.7. The van der Waals surface area contributed by atoms with E-state index in [4.69, 9.17) is 0 Å². The van der Waals surface area contributed by atoms with E-state index in [1.165, 1.54) is 11.1 Å². The molecule has 0 aliphatic heterocycles. The van der Waals surface area contributed by atoms with Crippen LogP contribution >= 0.6 is 27.7 Å². The summed E-state index contributed by atoms with van der Waals surface area (Å²) in [6.45, 7) is 5.17. The predicted molar refractivity (Wildman–Crippen MR) is 154 cm³/mol. The molecule has 3 aromatic carbocycles. The molecule has 0 aromatic heterocycles. The van der Waals surface area contributed by atoms with Gasteiger partial charge in [-0.25, -0.2) is 0 Å². The largest absolute Gasteiger partial charge is 0.354 e. The van der Waals surface area contributed by atoms with Crippen LogP contribution in [0, 0.1) is 6.92 Å². The van der Waals surface area contributed by atoms with E-state index >= 15 is 0 Å². The van der Waals surface area contributed by atoms with Crippen molar-refractivity contribution < 1.29 is 9.59 Å². The number of nitrogens with one attached hydrogen (secondary N) is 1. The molecule has 190 valence electrons. The topological polar surface area (TPSA) is 49.4 Å². The maximum atomic E-state index is 13.7. The Morgan fingerprint density at radius 3 is 2.36 bits per heavy atom. The fraction of sp³-hybridized carbons (Fsp3) is 0.333. The van der Waals surface area contributed by atoms with Crippen LogP contribution in [0.5, 0.6) is 0 Å². The van der Waals surface area contributed by atoms with Crippen molar-refractivity contribution in [1.29, 1.82) is 0 Å². The lowest BCUT2D eigenvalue weighted by atomic mass is 10.0. The summed E-state index contributed by atoms with van der Waals surface area (Å²) in [6, 6.07) is 25.6. The summed E-state index contributed by atoms with van der Waals surface area (Å²) in [7, 11) is 0. The molecule has 1 N–H and O–H groups in total. The molecule has 0 radical (unpaired) electrons. The van der Waals surface area contributed by atoms with Gasteiger partial charge >= 0.3 is 0 Å². The molecule has 0 aliphatic rings. The zero-order valence-corrected chi connectivity index (χ0v) is 23.5. The van der Waals surface area contributed by atoms with Crippen LogP contribution < -0.4 is 5.32 Å². The lowest BCUT2D eigenvalue weighted by Gasteiger charge is -2.31. The van der Waals surface area contributed by atoms with Crippen LogP contribution in [-0.2, 0) is 28.3 Å². The first kappa shape index (κ1) is 28.0. The van der Waals surface area contributed by atoms with Gasteiger partial charge in [-0.05, 0) is 42.2 Å². The van der Waals surface area contributed by atoms with Crippen LogP contribution in [0.1, 0.15) is 42.0 Å². The van der Waals surface area contributed by atoms with Gasteiger partial charge in [-0.15, -0.1) is 11.8 Å². The second-order valence-electron chi connectivity index (χ2n) is 8.98. The molecule has 36 heavy (non-hydrogen) atoms. The van der Waals surface area contributed by atoms with Crippen molar-refractivity contribution in [2.75, 3.05) is 12.3 Å². The molecular weight excluding hydrogens is 532 g/mol. The highest BCUT2D eigenvalue weighted by atomic mass is 79.9. The summed E-state index contributed by atoms with van der Waals surface area (Å²) in [6.07, 6.45) is 2.39. The molecule has 0 bridgehead atoms. The van der Waals surface area contributed by atoms with Gasteiger partial charge in [0.2, 0.25) is 11.8 Å². The molecule has 3 rings (SSSR count). The number of halogens is 1. The number of thioether (sulfide) groups is 1. The lowest BCUT2D eigenvalue weighted by molar-refractivity contribution is -0.139. The second kappa shape index (κ2) is 14.9. The third-order valence-electron chi connectivity index (χ3n) is 5.94. The summed E-state index contributed by atoms with van der Waals surface area (Å²) >= 11 is 5.08. The third-order valence-corrected chi connectivity index (χ3v) is 7.46. The molecule has 0 spiro atoms. The molecular formula is C30H35BrN2O2S. The first-order chi connectivity index (χ1) is 17.5. The fourth-order valence-corrected chi connectivity index (χ4v) is 5.11. The van der Waals surface area contributed by atoms with Crippen molar-refractivity contribution in [2.45, 2.75) is 51.4 Å². The van der Waals surface area contributed by atoms with Crippen molar-refractivity contribution in [2.24, 2.45) is 0 Å². The standard InChI is InChI=1S/C30H35BrN2O2S/c1-3-4-17-32-30(35)28(19-24-10-6-5-7-11-24)33(20-25-13-15-27(31)16-14-25)29(34)22-36-21-26-12-8-9-23(2)18-26/h5-16,18,28H,3-4,17,19-22H2,1-2H3,(H,32,35)/t28-/m1/s1. The highest BCUT2D eigenvalue weighted by Gasteiger charge is 2.30. The van der Waals surface area contributed by atoms with Gasteiger partial charge in [0.1, 0.15) is 6.04 Å². The van der Waals surface area contributed by atoms with Crippen LogP contribution in [0.2, 0.25) is 0 Å². The van der Waals surface area contributed by atoms with Crippen LogP contribution in [-0.4, -0.2) is 35.1 Å². The molecule has 3 aromatic rings. The van der Waals surface area contributed by atoms with E-state index < -0.39 is 6.04 Å². The molecule has 4 nitrogen and oxygen atoms in total. The number of hydrogen-bond donors (Lipinski definition) is 1. The van der Waals surface area contributed by atoms with Gasteiger partial charge in [0, 0.05) is 29.7 Å². The molecule has 0 unspecified atom stereocenters. The van der Waals surface area contributed by atoms with Crippen molar-refractivity contribution in [3.63, 3.8) is 0 Å². The Kier molecular flexibility index (Phi) is 11.6. The molecule has 0 saturated carbocycles. The summed E-state index contributed by atoms with van der Waals surface area (Å²) < 4.78 is 0.982. The van der Waals surface area contributed by atoms with Gasteiger partial charge in [0.25, 0.3) is 0 Å². The Morgan fingerprint density at radius 2 is 1.67 bits per heavy atom. The summed E-state index contributed by atoms with van der Waals surface area (Å²) in [5.74, 6) is 0.951. The van der Waals surface area contributed by atoms with Crippen molar-refractivity contribution in [1.82, 2.24) is 10.2 Å². The summed E-state index contributed by atoms with van der Waals surface area (Å²) in [5, 5.41) is 3.08. The minimum absolute atomic E-state index is 0.0258. The third kappa shape index (κ3) is 9.14. The van der Waals surface area contributed by atoms with Crippen molar-refractivity contribution >= 4 is 39.5 Å². The molecule has 1 atom stereocenters. The number of amides is 2. The summed E-state index contributed by atoms with van der Waals surface area (Å²) in [5.41, 5.74) is 4.44. The molecule has 0 saturated heterocycles. The smallest absolute Gasteiger partial charge is 0.243 e. The number of carbonyl (C=O) groups is 2. The highest BCUT2D eigenvalue weighted by molar-refractivity contribution is 9.10. The van der Waals surface area contributed by atoms with E-state index in [-0.39, 0.29) is 11.8 Å². The minimum atomic E-state index is -0.583. The van der Waals surface area contributed by atoms with Crippen LogP contribution in [0.3, 0.4) is 0 Å². The van der Waals surface area contributed by atoms with E-state index in [0.717, 1.165) is 34.2 Å². The second-order valence-corrected chi connectivity index (χ2v) is 10.9. The monoisotopic (exact) mass is 566 g/mol. The molecule has 0 aliphatic carbocycles. The van der Waals surface area contributed by atoms with E-state index in [0.29, 0.717) is 25.3 Å². The number of nitrogens with zero attached hydrogens (tertiary/aromatic N) is 1. The van der Waals surface area contributed by atoms with Crippen LogP contribution in [0.4, 0.5) is 0 Å². The number of benzene rings is 3. The molecule has 2 amide bonds. The Bertz CT molecular complexity index is 1110. The molecule has 0 heterocycles. The maximum Gasteiger partial charge on any atom is 0.243 e. The van der Waals surface area contributed by atoms with E-state index in [1.54, 1.807) is 16.7 Å². The Labute approximate surface area is 228 Å². The SMILES string of the molecule is CCCCNC(=O)[C@@H](Cc1ccccc1)N(Cc1ccc(Br)cc1)C(=O)CSCc1cccc(C)c1. The number of carbonyl (C=O) groups excluding carboxylic acids is 2. The minimum Gasteiger partial charge on any atom is -0.354 e. The Morgan fingerprint density at radius 1 is 0.944 bits per heavy atom. The molecule has 6 heteroatoms. The van der Waals surface area contributed by atoms with Crippen LogP contribution in [0.25, 0.3) is 0 Å². The zero-order chi connectivity index (χ0) is 25.8. The van der Waals surface area contributed by atoms with Gasteiger partial charge in [-0.3, -0.25) is 9.59 Å². The average Bonchev–Trinajstić information content (AvgIpc) is 2.88. The van der Waals surface area contributed by atoms with E-state index in [1.807, 2.05) is 60.7 Å². The zero-order valence-electron chi connectivity index (χ0n) is 21.1. The van der Waals surface area contributed by atoms with Gasteiger partial charge < -0.3 is 10.2 Å². The van der Waals surface area contributed by atoms with Crippen LogP contribution in [0.15, 0.2) is 83.3 Å². The highest BCUT2D eigenvalue weighted by Crippen LogP contribution is 2.20. The summed E-state index contributed by atoms with van der Waals surface area (Å²) in [4.78, 5) is 28.8. The average molecular weight is 568 g/mol. The Balaban J connectivity index is 1.82. The fourth-order valence-electron chi connectivity index (χ4n) is 3.99. The molecule has 0 fully saturated rings. The lowest BCUT2D eigenvalue weighted by Crippen LogP contribution is -2.51. The van der Waals surface area contributed by atoms with Crippen molar-refractivity contribution in [3.8, 4) is 0 Å². The predicted octanol–water partition coefficient (Wildman–Crippen LogP) is 6.55. The number of unbranched alkanes of at least 4 members (excludes halogenated alkanes) is 1. The number of aryl methyl sites for hydroxylation is 1. The quantitative estimate of drug-likeness (QED) is 0.239. The number of rotatable bonds is 13. The van der Waals surface area contributed by atoms with Gasteiger partial charge in [-0.2, -0.15) is 0 Å². The van der Waals surface area contributed by atoms with E-state index in [2.05, 4.69) is 53.3 Å². The van der Waals surface area contributed by atoms with Crippen molar-refractivity contribution in [3.05, 3.63) is 106 Å². The van der Waals surface area contributed by atoms with E-state index in [9.17, 15) is 9.59 Å². The number of hydrogen-bond acceptors (Lipinski definition) is 3. The Hall–Kier alpha value is -2.57. The first-order valence-electron chi connectivity index (χ1n) is 12.4. The normalized spacial score (nSPS) is 11.6. The van der Waals surface area contributed by atoms with Gasteiger partial charge in [-0.1, -0.05) is 102 Å². The van der Waals surface area contributed by atoms with Gasteiger partial charge in [0.05, 0.1) is 5.75 Å². The first-order valence-corrected chi connectivity index (χ1v) is 14.4.